The lowest BCUT2D eigenvalue weighted by atomic mass is 9.95. The van der Waals surface area contributed by atoms with Crippen molar-refractivity contribution in [1.29, 1.82) is 0 Å². The average molecular weight is 557 g/mol. The molecule has 1 spiro atoms. The van der Waals surface area contributed by atoms with E-state index in [9.17, 15) is 26.3 Å². The molecule has 0 aromatic carbocycles. The summed E-state index contributed by atoms with van der Waals surface area (Å²) in [5, 5.41) is 17.6. The third-order valence-electron chi connectivity index (χ3n) is 5.78. The molecule has 2 N–H and O–H groups in total. The maximum atomic E-state index is 10.6. The first-order valence-electron chi connectivity index (χ1n) is 11.0. The molecule has 4 rings (SSSR count). The van der Waals surface area contributed by atoms with Gasteiger partial charge in [0.15, 0.2) is 0 Å². The first-order valence-corrected chi connectivity index (χ1v) is 11.9. The number of aryl methyl sites for hydroxylation is 1. The second kappa shape index (κ2) is 12.6. The van der Waals surface area contributed by atoms with Crippen LogP contribution in [0.5, 0.6) is 0 Å². The Morgan fingerprint density at radius 1 is 1.03 bits per heavy atom. The Balaban J connectivity index is 0.000000286. The molecule has 15 heteroatoms. The van der Waals surface area contributed by atoms with Crippen molar-refractivity contribution in [3.63, 3.8) is 0 Å². The first-order chi connectivity index (χ1) is 17.1. The minimum absolute atomic E-state index is 0.364. The summed E-state index contributed by atoms with van der Waals surface area (Å²) in [5.74, 6) is -5.51. The number of hydrogen-bond donors (Lipinski definition) is 2. The van der Waals surface area contributed by atoms with Crippen molar-refractivity contribution in [3.8, 4) is 0 Å². The molecule has 8 nitrogen and oxygen atoms in total. The van der Waals surface area contributed by atoms with Gasteiger partial charge in [0, 0.05) is 42.4 Å². The number of aromatic nitrogens is 2. The summed E-state index contributed by atoms with van der Waals surface area (Å²) in [6, 6.07) is 6.37. The zero-order valence-electron chi connectivity index (χ0n) is 19.7. The van der Waals surface area contributed by atoms with Gasteiger partial charge in [-0.05, 0) is 44.9 Å². The Morgan fingerprint density at radius 3 is 2.16 bits per heavy atom. The smallest absolute Gasteiger partial charge is 0.475 e. The largest absolute Gasteiger partial charge is 0.490 e. The quantitative estimate of drug-likeness (QED) is 0.536. The lowest BCUT2D eigenvalue weighted by molar-refractivity contribution is -0.193. The lowest BCUT2D eigenvalue weighted by Gasteiger charge is -2.35. The number of carboxylic acids is 2. The number of alkyl halides is 6. The molecule has 0 saturated carbocycles. The van der Waals surface area contributed by atoms with Crippen LogP contribution >= 0.6 is 11.3 Å². The van der Waals surface area contributed by atoms with Gasteiger partial charge in [-0.15, -0.1) is 11.3 Å². The zero-order valence-corrected chi connectivity index (χ0v) is 20.5. The van der Waals surface area contributed by atoms with Crippen molar-refractivity contribution in [3.05, 3.63) is 46.2 Å². The summed E-state index contributed by atoms with van der Waals surface area (Å²) in [6.07, 6.45) is -4.33. The maximum Gasteiger partial charge on any atom is 0.490 e. The van der Waals surface area contributed by atoms with E-state index in [-0.39, 0.29) is 0 Å². The molecule has 2 aromatic heterocycles. The average Bonchev–Trinajstić information content (AvgIpc) is 3.52. The molecule has 0 radical (unpaired) electrons. The Labute approximate surface area is 212 Å². The molecular weight excluding hydrogens is 530 g/mol. The Bertz CT molecular complexity index is 1010. The summed E-state index contributed by atoms with van der Waals surface area (Å²) in [4.78, 5) is 32.2. The minimum Gasteiger partial charge on any atom is -0.475 e. The van der Waals surface area contributed by atoms with Crippen LogP contribution in [0.2, 0.25) is 0 Å². The van der Waals surface area contributed by atoms with Gasteiger partial charge >= 0.3 is 24.3 Å². The number of hydrogen-bond acceptors (Lipinski definition) is 7. The monoisotopic (exact) mass is 556 g/mol. The topological polar surface area (TPSA) is 107 Å². The normalized spacial score (nSPS) is 20.2. The van der Waals surface area contributed by atoms with Crippen LogP contribution in [0.1, 0.15) is 35.7 Å². The predicted octanol–water partition coefficient (Wildman–Crippen LogP) is 4.35. The molecule has 0 aliphatic carbocycles. The highest BCUT2D eigenvalue weighted by molar-refractivity contribution is 7.09. The molecule has 206 valence electrons. The third-order valence-corrected chi connectivity index (χ3v) is 6.54. The zero-order chi connectivity index (χ0) is 27.9. The van der Waals surface area contributed by atoms with E-state index in [4.69, 9.17) is 24.8 Å². The SMILES string of the molecule is Cc1cccc(CN2CCCC23CCN(Cc2nccs2)C3)n1.O=C(O)C(F)(F)F.O=C(O)C(F)(F)F. The van der Waals surface area contributed by atoms with Gasteiger partial charge in [0.1, 0.15) is 5.01 Å². The van der Waals surface area contributed by atoms with Crippen LogP contribution in [0.3, 0.4) is 0 Å². The Kier molecular flexibility index (Phi) is 10.4. The van der Waals surface area contributed by atoms with Crippen molar-refractivity contribution in [2.24, 2.45) is 0 Å². The van der Waals surface area contributed by atoms with E-state index in [1.165, 1.54) is 49.6 Å². The number of aliphatic carboxylic acids is 2. The molecule has 2 aromatic rings. The van der Waals surface area contributed by atoms with E-state index in [1.807, 2.05) is 6.20 Å². The third kappa shape index (κ3) is 9.55. The van der Waals surface area contributed by atoms with Crippen LogP contribution in [0.25, 0.3) is 0 Å². The second-order valence-electron chi connectivity index (χ2n) is 8.51. The fourth-order valence-corrected chi connectivity index (χ4v) is 4.84. The first kappa shape index (κ1) is 30.4. The summed E-state index contributed by atoms with van der Waals surface area (Å²) in [7, 11) is 0. The van der Waals surface area contributed by atoms with Crippen molar-refractivity contribution < 1.29 is 46.1 Å². The fourth-order valence-electron chi connectivity index (χ4n) is 4.18. The number of carboxylic acid groups (broad SMARTS) is 2. The molecule has 2 aliphatic heterocycles. The van der Waals surface area contributed by atoms with E-state index in [2.05, 4.69) is 45.3 Å². The van der Waals surface area contributed by atoms with Crippen molar-refractivity contribution in [2.75, 3.05) is 19.6 Å². The molecule has 2 saturated heterocycles. The molecule has 1 unspecified atom stereocenters. The summed E-state index contributed by atoms with van der Waals surface area (Å²) < 4.78 is 63.5. The van der Waals surface area contributed by atoms with Crippen LogP contribution in [-0.4, -0.2) is 79.4 Å². The summed E-state index contributed by atoms with van der Waals surface area (Å²) >= 11 is 1.77. The van der Waals surface area contributed by atoms with Crippen LogP contribution in [0.4, 0.5) is 26.3 Å². The van der Waals surface area contributed by atoms with Gasteiger partial charge < -0.3 is 10.2 Å². The number of likely N-dealkylation sites (tertiary alicyclic amines) is 2. The van der Waals surface area contributed by atoms with E-state index >= 15 is 0 Å². The van der Waals surface area contributed by atoms with Gasteiger partial charge in [0.2, 0.25) is 0 Å². The number of carbonyl (C=O) groups is 2. The number of halogens is 6. The summed E-state index contributed by atoms with van der Waals surface area (Å²) in [6.45, 7) is 7.66. The molecule has 0 bridgehead atoms. The Morgan fingerprint density at radius 2 is 1.65 bits per heavy atom. The van der Waals surface area contributed by atoms with Gasteiger partial charge in [-0.3, -0.25) is 14.8 Å². The molecule has 0 amide bonds. The maximum absolute atomic E-state index is 10.6. The highest BCUT2D eigenvalue weighted by Crippen LogP contribution is 2.39. The van der Waals surface area contributed by atoms with Crippen LogP contribution in [-0.2, 0) is 22.7 Å². The van der Waals surface area contributed by atoms with E-state index in [0.29, 0.717) is 5.54 Å². The number of nitrogens with zero attached hydrogens (tertiary/aromatic N) is 4. The van der Waals surface area contributed by atoms with E-state index in [1.54, 1.807) is 11.3 Å². The summed E-state index contributed by atoms with van der Waals surface area (Å²) in [5.41, 5.74) is 2.69. The Hall–Kier alpha value is -2.78. The van der Waals surface area contributed by atoms with E-state index < -0.39 is 24.3 Å². The highest BCUT2D eigenvalue weighted by Gasteiger charge is 2.45. The predicted molar refractivity (Wildman–Crippen MR) is 121 cm³/mol. The minimum atomic E-state index is -5.08. The lowest BCUT2D eigenvalue weighted by Crippen LogP contribution is -2.45. The van der Waals surface area contributed by atoms with Crippen LogP contribution in [0, 0.1) is 6.92 Å². The van der Waals surface area contributed by atoms with Crippen LogP contribution < -0.4 is 0 Å². The standard InChI is InChI=1S/C18H24N4S.2C2HF3O2/c1-15-4-2-5-16(20-15)12-22-9-3-6-18(22)7-10-21(14-18)13-17-19-8-11-23-17;2*3-2(4,5)1(6)7/h2,4-5,8,11H,3,6-7,9-10,12-14H2,1H3;2*(H,6,7). The number of rotatable bonds is 4. The molecule has 1 atom stereocenters. The van der Waals surface area contributed by atoms with Gasteiger partial charge in [0.05, 0.1) is 12.2 Å². The van der Waals surface area contributed by atoms with Crippen LogP contribution in [0.15, 0.2) is 29.8 Å². The highest BCUT2D eigenvalue weighted by atomic mass is 32.1. The molecular formula is C22H26F6N4O4S. The molecule has 2 fully saturated rings. The van der Waals surface area contributed by atoms with Gasteiger partial charge in [-0.1, -0.05) is 6.07 Å². The van der Waals surface area contributed by atoms with Gasteiger partial charge in [-0.2, -0.15) is 26.3 Å². The fraction of sp³-hybridized carbons (Fsp3) is 0.545. The second-order valence-corrected chi connectivity index (χ2v) is 9.49. The van der Waals surface area contributed by atoms with Crippen molar-refractivity contribution >= 4 is 23.3 Å². The molecule has 4 heterocycles. The van der Waals surface area contributed by atoms with Crippen molar-refractivity contribution in [2.45, 2.75) is 57.2 Å². The van der Waals surface area contributed by atoms with Crippen molar-refractivity contribution in [1.82, 2.24) is 19.8 Å². The van der Waals surface area contributed by atoms with Gasteiger partial charge in [-0.25, -0.2) is 14.6 Å². The van der Waals surface area contributed by atoms with E-state index in [0.717, 1.165) is 18.8 Å². The molecule has 37 heavy (non-hydrogen) atoms. The number of thiazole rings is 1. The van der Waals surface area contributed by atoms with Gasteiger partial charge in [0.25, 0.3) is 0 Å². The number of pyridine rings is 1. The molecule has 2 aliphatic rings.